The monoisotopic (exact) mass is 216 g/mol. The average Bonchev–Trinajstić information content (AvgIpc) is 2.00. The van der Waals surface area contributed by atoms with Gasteiger partial charge in [-0.25, -0.2) is 9.59 Å². The molecule has 6 nitrogen and oxygen atoms in total. The summed E-state index contributed by atoms with van der Waals surface area (Å²) in [5.74, 6) is -0.354. The fraction of sp³-hybridized carbons (Fsp3) is 0.778. The van der Waals surface area contributed by atoms with Gasteiger partial charge in [-0.05, 0) is 21.0 Å². The molecule has 15 heavy (non-hydrogen) atoms. The number of ether oxygens (including phenoxy) is 1. The summed E-state index contributed by atoms with van der Waals surface area (Å²) in [5.41, 5.74) is -0.797. The van der Waals surface area contributed by atoms with Crippen LogP contribution in [0.2, 0.25) is 0 Å². The Balaban J connectivity index is 2.69. The van der Waals surface area contributed by atoms with E-state index < -0.39 is 11.6 Å². The lowest BCUT2D eigenvalue weighted by Gasteiger charge is -2.49. The number of esters is 1. The summed E-state index contributed by atoms with van der Waals surface area (Å²) >= 11 is 0. The van der Waals surface area contributed by atoms with Crippen LogP contribution in [0.5, 0.6) is 0 Å². The summed E-state index contributed by atoms with van der Waals surface area (Å²) in [7, 11) is 3.49. The number of amides is 1. The van der Waals surface area contributed by atoms with Gasteiger partial charge in [0.05, 0.1) is 19.7 Å². The largest absolute Gasteiger partial charge is 0.465 e. The fourth-order valence-corrected chi connectivity index (χ4v) is 1.58. The van der Waals surface area contributed by atoms with E-state index >= 15 is 0 Å². The topological polar surface area (TPSA) is 70.1 Å². The van der Waals surface area contributed by atoms with E-state index in [4.69, 9.17) is 9.84 Å². The number of likely N-dealkylation sites (tertiary alicyclic amines) is 1. The third-order valence-electron chi connectivity index (χ3n) is 2.69. The van der Waals surface area contributed by atoms with Gasteiger partial charge in [-0.15, -0.1) is 0 Å². The second-order valence-electron chi connectivity index (χ2n) is 3.79. The molecule has 0 unspecified atom stereocenters. The van der Waals surface area contributed by atoms with Crippen molar-refractivity contribution in [1.82, 2.24) is 9.80 Å². The van der Waals surface area contributed by atoms with Gasteiger partial charge >= 0.3 is 12.1 Å². The maximum atomic E-state index is 11.7. The first-order valence-corrected chi connectivity index (χ1v) is 4.76. The van der Waals surface area contributed by atoms with Crippen molar-refractivity contribution in [2.45, 2.75) is 12.5 Å². The molecule has 1 rings (SSSR count). The van der Waals surface area contributed by atoms with E-state index in [1.807, 2.05) is 0 Å². The fourth-order valence-electron chi connectivity index (χ4n) is 1.58. The molecule has 1 N–H and O–H groups in total. The second-order valence-corrected chi connectivity index (χ2v) is 3.79. The SMILES string of the molecule is CCOC(=O)C1(N(C)C)CN(C(=O)O)C1. The minimum atomic E-state index is -1.00. The highest BCUT2D eigenvalue weighted by atomic mass is 16.5. The molecule has 0 aliphatic carbocycles. The zero-order chi connectivity index (χ0) is 11.6. The predicted octanol–water partition coefficient (Wildman–Crippen LogP) is -0.156. The molecule has 0 spiro atoms. The molecule has 1 amide bonds. The molecule has 0 aromatic rings. The molecule has 1 saturated heterocycles. The number of hydrogen-bond donors (Lipinski definition) is 1. The smallest absolute Gasteiger partial charge is 0.407 e. The van der Waals surface area contributed by atoms with Crippen molar-refractivity contribution in [3.05, 3.63) is 0 Å². The molecule has 0 atom stereocenters. The molecule has 1 fully saturated rings. The second kappa shape index (κ2) is 4.06. The number of carboxylic acid groups (broad SMARTS) is 1. The van der Waals surface area contributed by atoms with E-state index in [0.29, 0.717) is 6.61 Å². The Bertz CT molecular complexity index is 271. The maximum absolute atomic E-state index is 11.7. The number of likely N-dealkylation sites (N-methyl/N-ethyl adjacent to an activating group) is 1. The minimum absolute atomic E-state index is 0.175. The van der Waals surface area contributed by atoms with E-state index in [9.17, 15) is 9.59 Å². The zero-order valence-electron chi connectivity index (χ0n) is 9.19. The van der Waals surface area contributed by atoms with Crippen LogP contribution in [0.1, 0.15) is 6.92 Å². The van der Waals surface area contributed by atoms with Crippen molar-refractivity contribution in [1.29, 1.82) is 0 Å². The minimum Gasteiger partial charge on any atom is -0.465 e. The van der Waals surface area contributed by atoms with Crippen LogP contribution in [0.25, 0.3) is 0 Å². The summed E-state index contributed by atoms with van der Waals surface area (Å²) in [6.45, 7) is 2.39. The number of hydrogen-bond acceptors (Lipinski definition) is 4. The van der Waals surface area contributed by atoms with Crippen LogP contribution in [0.3, 0.4) is 0 Å². The van der Waals surface area contributed by atoms with Gasteiger partial charge in [-0.1, -0.05) is 0 Å². The Labute approximate surface area is 88.4 Å². The molecule has 0 aromatic heterocycles. The molecule has 1 aliphatic rings. The summed E-state index contributed by atoms with van der Waals surface area (Å²) in [5, 5.41) is 8.71. The Morgan fingerprint density at radius 1 is 1.47 bits per heavy atom. The number of carbonyl (C=O) groups excluding carboxylic acids is 1. The number of nitrogens with zero attached hydrogens (tertiary/aromatic N) is 2. The van der Waals surface area contributed by atoms with Crippen LogP contribution in [-0.2, 0) is 9.53 Å². The molecule has 0 aromatic carbocycles. The summed E-state index contributed by atoms with van der Waals surface area (Å²) in [6.07, 6.45) is -1.00. The molecule has 1 heterocycles. The Morgan fingerprint density at radius 2 is 2.00 bits per heavy atom. The third-order valence-corrected chi connectivity index (χ3v) is 2.69. The van der Waals surface area contributed by atoms with Crippen LogP contribution in [0.15, 0.2) is 0 Å². The molecule has 86 valence electrons. The van der Waals surface area contributed by atoms with E-state index in [1.54, 1.807) is 25.9 Å². The van der Waals surface area contributed by atoms with Gasteiger partial charge in [-0.2, -0.15) is 0 Å². The lowest BCUT2D eigenvalue weighted by atomic mass is 9.89. The molecule has 1 aliphatic heterocycles. The summed E-state index contributed by atoms with van der Waals surface area (Å²) in [4.78, 5) is 25.2. The van der Waals surface area contributed by atoms with E-state index in [2.05, 4.69) is 0 Å². The molecular weight excluding hydrogens is 200 g/mol. The van der Waals surface area contributed by atoms with Gasteiger partial charge in [0, 0.05) is 0 Å². The first kappa shape index (κ1) is 11.8. The molecule has 0 bridgehead atoms. The van der Waals surface area contributed by atoms with E-state index in [0.717, 1.165) is 0 Å². The summed E-state index contributed by atoms with van der Waals surface area (Å²) in [6, 6.07) is 0. The van der Waals surface area contributed by atoms with Gasteiger partial charge in [0.15, 0.2) is 5.54 Å². The van der Waals surface area contributed by atoms with E-state index in [-0.39, 0.29) is 19.1 Å². The van der Waals surface area contributed by atoms with Crippen molar-refractivity contribution in [3.63, 3.8) is 0 Å². The highest BCUT2D eigenvalue weighted by molar-refractivity contribution is 5.85. The Morgan fingerprint density at radius 3 is 2.33 bits per heavy atom. The van der Waals surface area contributed by atoms with Crippen LogP contribution >= 0.6 is 0 Å². The van der Waals surface area contributed by atoms with Crippen LogP contribution in [0.4, 0.5) is 4.79 Å². The van der Waals surface area contributed by atoms with Crippen LogP contribution in [0, 0.1) is 0 Å². The number of carbonyl (C=O) groups is 2. The quantitative estimate of drug-likeness (QED) is 0.664. The van der Waals surface area contributed by atoms with Gasteiger partial charge in [0.1, 0.15) is 0 Å². The van der Waals surface area contributed by atoms with Gasteiger partial charge < -0.3 is 14.7 Å². The van der Waals surface area contributed by atoms with Gasteiger partial charge in [-0.3, -0.25) is 4.90 Å². The lowest BCUT2D eigenvalue weighted by molar-refractivity contribution is -0.166. The van der Waals surface area contributed by atoms with Gasteiger partial charge in [0.25, 0.3) is 0 Å². The first-order chi connectivity index (χ1) is 6.94. The lowest BCUT2D eigenvalue weighted by Crippen LogP contribution is -2.73. The highest BCUT2D eigenvalue weighted by Crippen LogP contribution is 2.27. The molecule has 0 radical (unpaired) electrons. The Kier molecular flexibility index (Phi) is 3.18. The van der Waals surface area contributed by atoms with Crippen molar-refractivity contribution in [2.75, 3.05) is 33.8 Å². The van der Waals surface area contributed by atoms with Crippen LogP contribution < -0.4 is 0 Å². The van der Waals surface area contributed by atoms with Crippen molar-refractivity contribution in [3.8, 4) is 0 Å². The van der Waals surface area contributed by atoms with E-state index in [1.165, 1.54) is 4.90 Å². The molecule has 6 heteroatoms. The van der Waals surface area contributed by atoms with Crippen molar-refractivity contribution in [2.24, 2.45) is 0 Å². The maximum Gasteiger partial charge on any atom is 0.407 e. The Hall–Kier alpha value is -1.30. The van der Waals surface area contributed by atoms with Gasteiger partial charge in [0.2, 0.25) is 0 Å². The van der Waals surface area contributed by atoms with Crippen molar-refractivity contribution < 1.29 is 19.4 Å². The predicted molar refractivity (Wildman–Crippen MR) is 52.6 cm³/mol. The highest BCUT2D eigenvalue weighted by Gasteiger charge is 2.54. The van der Waals surface area contributed by atoms with Crippen LogP contribution in [-0.4, -0.2) is 66.3 Å². The first-order valence-electron chi connectivity index (χ1n) is 4.76. The number of rotatable bonds is 3. The zero-order valence-corrected chi connectivity index (χ0v) is 9.19. The third kappa shape index (κ3) is 1.90. The molecular formula is C9H16N2O4. The normalized spacial score (nSPS) is 18.5. The molecule has 0 saturated carbocycles. The summed E-state index contributed by atoms with van der Waals surface area (Å²) < 4.78 is 4.94. The van der Waals surface area contributed by atoms with Crippen molar-refractivity contribution >= 4 is 12.1 Å². The standard InChI is InChI=1S/C9H16N2O4/c1-4-15-7(12)9(10(2)3)5-11(6-9)8(13)14/h4-6H2,1-3H3,(H,13,14). The average molecular weight is 216 g/mol.